The molecule has 0 aliphatic carbocycles. The summed E-state index contributed by atoms with van der Waals surface area (Å²) in [5, 5.41) is 6.74. The third-order valence-corrected chi connectivity index (χ3v) is 7.85. The van der Waals surface area contributed by atoms with Crippen LogP contribution in [-0.2, 0) is 13.1 Å². The molecule has 0 spiro atoms. The number of anilines is 1. The molecule has 4 aromatic rings. The SMILES string of the molecule is CN1CC[C@@H](Nc2cccc3c2cc(-c2ccc(CNC(=O)c4ccccc4)s2)n3CC(F)(F)F)[C@@H](F)C1. The van der Waals surface area contributed by atoms with Gasteiger partial charge in [0.2, 0.25) is 0 Å². The summed E-state index contributed by atoms with van der Waals surface area (Å²) >= 11 is 1.33. The second kappa shape index (κ2) is 10.8. The molecule has 10 heteroatoms. The Morgan fingerprint density at radius 1 is 1.08 bits per heavy atom. The standard InChI is InChI=1S/C28H28F4N4OS/c1-35-13-12-23(21(29)16-35)34-22-8-5-9-24-20(22)14-25(36(24)17-28(30,31)32)26-11-10-19(38-26)15-33-27(37)18-6-3-2-4-7-18/h2-11,14,21,23,34H,12-13,15-17H2,1H3,(H,33,37)/t21-,23+/m0/s1. The number of aromatic nitrogens is 1. The molecular weight excluding hydrogens is 516 g/mol. The van der Waals surface area contributed by atoms with Gasteiger partial charge in [0, 0.05) is 34.6 Å². The molecule has 5 rings (SSSR count). The van der Waals surface area contributed by atoms with Crippen molar-refractivity contribution in [1.29, 1.82) is 0 Å². The van der Waals surface area contributed by atoms with Crippen LogP contribution in [0.15, 0.2) is 66.7 Å². The van der Waals surface area contributed by atoms with Crippen molar-refractivity contribution in [3.63, 3.8) is 0 Å². The van der Waals surface area contributed by atoms with E-state index in [0.29, 0.717) is 45.7 Å². The highest BCUT2D eigenvalue weighted by atomic mass is 32.1. The number of amides is 1. The van der Waals surface area contributed by atoms with E-state index in [-0.39, 0.29) is 12.5 Å². The highest BCUT2D eigenvalue weighted by molar-refractivity contribution is 7.15. The Morgan fingerprint density at radius 3 is 2.61 bits per heavy atom. The lowest BCUT2D eigenvalue weighted by Crippen LogP contribution is -2.46. The van der Waals surface area contributed by atoms with Gasteiger partial charge in [-0.1, -0.05) is 24.3 Å². The van der Waals surface area contributed by atoms with E-state index in [1.807, 2.05) is 24.1 Å². The molecule has 2 aromatic heterocycles. The van der Waals surface area contributed by atoms with E-state index in [0.717, 1.165) is 11.4 Å². The molecule has 1 fully saturated rings. The molecule has 1 saturated heterocycles. The van der Waals surface area contributed by atoms with Gasteiger partial charge in [-0.3, -0.25) is 4.79 Å². The van der Waals surface area contributed by atoms with E-state index in [1.54, 1.807) is 54.6 Å². The van der Waals surface area contributed by atoms with E-state index in [9.17, 15) is 22.4 Å². The van der Waals surface area contributed by atoms with Crippen LogP contribution in [0.2, 0.25) is 0 Å². The fraction of sp³-hybridized carbons (Fsp3) is 0.321. The molecule has 1 aliphatic heterocycles. The van der Waals surface area contributed by atoms with E-state index < -0.39 is 24.9 Å². The second-order valence-electron chi connectivity index (χ2n) is 9.60. The maximum atomic E-state index is 14.7. The normalized spacial score (nSPS) is 18.6. The molecule has 0 saturated carbocycles. The van der Waals surface area contributed by atoms with E-state index in [2.05, 4.69) is 10.6 Å². The van der Waals surface area contributed by atoms with Crippen molar-refractivity contribution < 1.29 is 22.4 Å². The topological polar surface area (TPSA) is 49.3 Å². The van der Waals surface area contributed by atoms with Gasteiger partial charge >= 0.3 is 6.18 Å². The number of hydrogen-bond acceptors (Lipinski definition) is 4. The summed E-state index contributed by atoms with van der Waals surface area (Å²) in [7, 11) is 1.87. The maximum Gasteiger partial charge on any atom is 0.406 e. The van der Waals surface area contributed by atoms with Gasteiger partial charge in [0.05, 0.1) is 28.7 Å². The third-order valence-electron chi connectivity index (χ3n) is 6.74. The number of piperidine rings is 1. The zero-order chi connectivity index (χ0) is 26.9. The van der Waals surface area contributed by atoms with Crippen molar-refractivity contribution in [1.82, 2.24) is 14.8 Å². The lowest BCUT2D eigenvalue weighted by molar-refractivity contribution is -0.139. The van der Waals surface area contributed by atoms with Gasteiger partial charge < -0.3 is 20.1 Å². The lowest BCUT2D eigenvalue weighted by Gasteiger charge is -2.33. The molecule has 2 N–H and O–H groups in total. The molecule has 5 nitrogen and oxygen atoms in total. The first kappa shape index (κ1) is 26.2. The van der Waals surface area contributed by atoms with Gasteiger partial charge in [0.1, 0.15) is 12.7 Å². The van der Waals surface area contributed by atoms with Crippen molar-refractivity contribution in [2.75, 3.05) is 25.5 Å². The van der Waals surface area contributed by atoms with Crippen LogP contribution in [0.4, 0.5) is 23.2 Å². The number of likely N-dealkylation sites (tertiary alicyclic amines) is 1. The average molecular weight is 545 g/mol. The van der Waals surface area contributed by atoms with Crippen molar-refractivity contribution in [3.8, 4) is 10.6 Å². The summed E-state index contributed by atoms with van der Waals surface area (Å²) < 4.78 is 56.9. The smallest absolute Gasteiger partial charge is 0.379 e. The van der Waals surface area contributed by atoms with E-state index in [4.69, 9.17) is 0 Å². The number of alkyl halides is 4. The number of nitrogens with one attached hydrogen (secondary N) is 2. The first-order valence-corrected chi connectivity index (χ1v) is 13.2. The first-order valence-electron chi connectivity index (χ1n) is 12.4. The zero-order valence-electron chi connectivity index (χ0n) is 20.8. The van der Waals surface area contributed by atoms with Crippen LogP contribution in [-0.4, -0.2) is 53.9 Å². The quantitative estimate of drug-likeness (QED) is 0.268. The summed E-state index contributed by atoms with van der Waals surface area (Å²) in [4.78, 5) is 15.8. The Bertz CT molecular complexity index is 1420. The minimum Gasteiger partial charge on any atom is -0.379 e. The van der Waals surface area contributed by atoms with E-state index in [1.165, 1.54) is 15.9 Å². The summed E-state index contributed by atoms with van der Waals surface area (Å²) in [5.41, 5.74) is 2.01. The van der Waals surface area contributed by atoms with Crippen LogP contribution in [0.1, 0.15) is 21.7 Å². The number of carbonyl (C=O) groups excluding carboxylic acids is 1. The number of hydrogen-bond donors (Lipinski definition) is 2. The fourth-order valence-electron chi connectivity index (χ4n) is 4.85. The molecule has 0 bridgehead atoms. The summed E-state index contributed by atoms with van der Waals surface area (Å²) in [6.45, 7) is 0.172. The van der Waals surface area contributed by atoms with Crippen LogP contribution < -0.4 is 10.6 Å². The minimum atomic E-state index is -4.42. The zero-order valence-corrected chi connectivity index (χ0v) is 21.6. The van der Waals surface area contributed by atoms with Crippen LogP contribution >= 0.6 is 11.3 Å². The predicted molar refractivity (Wildman–Crippen MR) is 143 cm³/mol. The minimum absolute atomic E-state index is 0.220. The van der Waals surface area contributed by atoms with Gasteiger partial charge in [-0.2, -0.15) is 13.2 Å². The molecule has 0 radical (unpaired) electrons. The fourth-order valence-corrected chi connectivity index (χ4v) is 5.83. The molecule has 2 atom stereocenters. The molecule has 3 heterocycles. The third kappa shape index (κ3) is 5.86. The number of benzene rings is 2. The number of thiophene rings is 1. The van der Waals surface area contributed by atoms with Crippen molar-refractivity contribution >= 4 is 33.8 Å². The summed E-state index contributed by atoms with van der Waals surface area (Å²) in [6.07, 6.45) is -4.90. The lowest BCUT2D eigenvalue weighted by atomic mass is 10.0. The summed E-state index contributed by atoms with van der Waals surface area (Å²) in [6, 6.07) is 18.9. The highest BCUT2D eigenvalue weighted by Gasteiger charge is 2.31. The van der Waals surface area contributed by atoms with Crippen molar-refractivity contribution in [3.05, 3.63) is 77.2 Å². The van der Waals surface area contributed by atoms with Crippen LogP contribution in [0.25, 0.3) is 21.5 Å². The van der Waals surface area contributed by atoms with Gasteiger partial charge in [0.15, 0.2) is 0 Å². The number of rotatable bonds is 7. The maximum absolute atomic E-state index is 14.7. The number of nitrogens with zero attached hydrogens (tertiary/aromatic N) is 2. The average Bonchev–Trinajstić information content (AvgIpc) is 3.49. The van der Waals surface area contributed by atoms with Crippen LogP contribution in [0.3, 0.4) is 0 Å². The van der Waals surface area contributed by atoms with Gasteiger partial charge in [-0.05, 0) is 55.9 Å². The number of halogens is 4. The van der Waals surface area contributed by atoms with E-state index >= 15 is 0 Å². The molecule has 38 heavy (non-hydrogen) atoms. The summed E-state index contributed by atoms with van der Waals surface area (Å²) in [5.74, 6) is -0.220. The molecule has 1 aliphatic rings. The molecule has 1 amide bonds. The van der Waals surface area contributed by atoms with Crippen LogP contribution in [0, 0.1) is 0 Å². The molecule has 0 unspecified atom stereocenters. The van der Waals surface area contributed by atoms with Crippen molar-refractivity contribution in [2.45, 2.75) is 37.9 Å². The van der Waals surface area contributed by atoms with Crippen molar-refractivity contribution in [2.24, 2.45) is 0 Å². The van der Waals surface area contributed by atoms with Crippen LogP contribution in [0.5, 0.6) is 0 Å². The Labute approximate surface area is 222 Å². The van der Waals surface area contributed by atoms with Gasteiger partial charge in [0.25, 0.3) is 5.91 Å². The first-order chi connectivity index (χ1) is 18.2. The predicted octanol–water partition coefficient (Wildman–Crippen LogP) is 6.32. The largest absolute Gasteiger partial charge is 0.406 e. The Balaban J connectivity index is 1.44. The monoisotopic (exact) mass is 544 g/mol. The second-order valence-corrected chi connectivity index (χ2v) is 10.8. The number of carbonyl (C=O) groups is 1. The Morgan fingerprint density at radius 2 is 1.87 bits per heavy atom. The molecule has 200 valence electrons. The molecule has 2 aromatic carbocycles. The van der Waals surface area contributed by atoms with Gasteiger partial charge in [-0.25, -0.2) is 4.39 Å². The molecular formula is C28H28F4N4OS. The van der Waals surface area contributed by atoms with Gasteiger partial charge in [-0.15, -0.1) is 11.3 Å². The number of fused-ring (bicyclic) bond motifs is 1. The Hall–Kier alpha value is -3.37. The highest BCUT2D eigenvalue weighted by Crippen LogP contribution is 2.38. The Kier molecular flexibility index (Phi) is 7.45.